The van der Waals surface area contributed by atoms with Gasteiger partial charge in [-0.05, 0) is 24.3 Å². The fourth-order valence-electron chi connectivity index (χ4n) is 2.66. The van der Waals surface area contributed by atoms with Crippen LogP contribution >= 0.6 is 22.9 Å². The number of H-pyrrole nitrogens is 1. The molecule has 23 heavy (non-hydrogen) atoms. The van der Waals surface area contributed by atoms with E-state index >= 15 is 0 Å². The maximum absolute atomic E-state index is 11.1. The molecule has 3 aromatic rings. The van der Waals surface area contributed by atoms with Gasteiger partial charge in [-0.2, -0.15) is 5.10 Å². The molecule has 8 heteroatoms. The summed E-state index contributed by atoms with van der Waals surface area (Å²) in [5, 5.41) is 8.33. The van der Waals surface area contributed by atoms with Gasteiger partial charge in [0.2, 0.25) is 0 Å². The zero-order valence-corrected chi connectivity index (χ0v) is 13.8. The average Bonchev–Trinajstić information content (AvgIpc) is 2.99. The predicted octanol–water partition coefficient (Wildman–Crippen LogP) is 2.36. The molecule has 3 heterocycles. The highest BCUT2D eigenvalue weighted by Gasteiger charge is 2.20. The van der Waals surface area contributed by atoms with Gasteiger partial charge in [0.05, 0.1) is 10.2 Å². The zero-order chi connectivity index (χ0) is 15.8. The van der Waals surface area contributed by atoms with E-state index in [2.05, 4.69) is 20.0 Å². The van der Waals surface area contributed by atoms with E-state index in [1.807, 2.05) is 18.2 Å². The highest BCUT2D eigenvalue weighted by atomic mass is 35.5. The number of thiazole rings is 1. The van der Waals surface area contributed by atoms with E-state index in [4.69, 9.17) is 16.6 Å². The summed E-state index contributed by atoms with van der Waals surface area (Å²) in [6, 6.07) is 9.05. The number of benzene rings is 1. The van der Waals surface area contributed by atoms with Gasteiger partial charge in [-0.15, -0.1) is 0 Å². The quantitative estimate of drug-likeness (QED) is 0.771. The maximum Gasteiger partial charge on any atom is 0.264 e. The molecule has 1 N–H and O–H groups in total. The molecular weight excluding hydrogens is 334 g/mol. The number of hydrogen-bond acceptors (Lipinski definition) is 6. The van der Waals surface area contributed by atoms with Crippen LogP contribution in [0.3, 0.4) is 0 Å². The number of nitrogens with zero attached hydrogens (tertiary/aromatic N) is 4. The number of rotatable bonds is 2. The predicted molar refractivity (Wildman–Crippen MR) is 93.9 cm³/mol. The highest BCUT2D eigenvalue weighted by Crippen LogP contribution is 2.31. The Morgan fingerprint density at radius 3 is 2.61 bits per heavy atom. The van der Waals surface area contributed by atoms with Gasteiger partial charge in [0.25, 0.3) is 5.56 Å². The summed E-state index contributed by atoms with van der Waals surface area (Å²) in [5.41, 5.74) is 0.805. The molecule has 2 aromatic heterocycles. The van der Waals surface area contributed by atoms with Crippen LogP contribution in [0.5, 0.6) is 0 Å². The Bertz CT molecular complexity index is 880. The van der Waals surface area contributed by atoms with Crippen LogP contribution in [0.15, 0.2) is 35.1 Å². The Kier molecular flexibility index (Phi) is 3.66. The van der Waals surface area contributed by atoms with Crippen LogP contribution in [0, 0.1) is 0 Å². The molecule has 1 aliphatic heterocycles. The first-order valence-corrected chi connectivity index (χ1v) is 8.50. The highest BCUT2D eigenvalue weighted by molar-refractivity contribution is 7.22. The maximum atomic E-state index is 11.1. The lowest BCUT2D eigenvalue weighted by Crippen LogP contribution is -2.47. The molecule has 1 saturated heterocycles. The standard InChI is InChI=1S/C15H14ClN5OS/c16-10-1-2-11-12(9-10)23-15(17-11)21-7-5-20(6-8-21)13-3-4-14(22)19-18-13/h1-4,9H,5-8H2,(H,19,22). The summed E-state index contributed by atoms with van der Waals surface area (Å²) in [4.78, 5) is 20.2. The fraction of sp³-hybridized carbons (Fsp3) is 0.267. The summed E-state index contributed by atoms with van der Waals surface area (Å²) >= 11 is 7.70. The van der Waals surface area contributed by atoms with Crippen molar-refractivity contribution in [2.75, 3.05) is 36.0 Å². The molecule has 6 nitrogen and oxygen atoms in total. The molecule has 0 bridgehead atoms. The molecule has 1 aromatic carbocycles. The molecule has 0 spiro atoms. The lowest BCUT2D eigenvalue weighted by molar-refractivity contribution is 0.642. The fourth-order valence-corrected chi connectivity index (χ4v) is 3.95. The molecule has 118 valence electrons. The Balaban J connectivity index is 1.49. The van der Waals surface area contributed by atoms with Crippen molar-refractivity contribution < 1.29 is 0 Å². The third-order valence-corrected chi connectivity index (χ3v) is 5.19. The molecule has 0 atom stereocenters. The van der Waals surface area contributed by atoms with Crippen LogP contribution in [0.4, 0.5) is 10.9 Å². The summed E-state index contributed by atoms with van der Waals surface area (Å²) in [6.07, 6.45) is 0. The zero-order valence-electron chi connectivity index (χ0n) is 12.2. The van der Waals surface area contributed by atoms with Crippen LogP contribution in [0.2, 0.25) is 5.02 Å². The van der Waals surface area contributed by atoms with Gasteiger partial charge in [0, 0.05) is 37.3 Å². The first-order valence-electron chi connectivity index (χ1n) is 7.31. The van der Waals surface area contributed by atoms with E-state index < -0.39 is 0 Å². The Labute approximate surface area is 141 Å². The molecule has 0 radical (unpaired) electrons. The lowest BCUT2D eigenvalue weighted by atomic mass is 10.3. The van der Waals surface area contributed by atoms with Crippen molar-refractivity contribution in [2.45, 2.75) is 0 Å². The first kappa shape index (κ1) is 14.5. The number of aromatic nitrogens is 3. The monoisotopic (exact) mass is 347 g/mol. The molecule has 0 saturated carbocycles. The second-order valence-electron chi connectivity index (χ2n) is 5.36. The summed E-state index contributed by atoms with van der Waals surface area (Å²) in [5.74, 6) is 0.806. The van der Waals surface area contributed by atoms with Crippen molar-refractivity contribution in [3.63, 3.8) is 0 Å². The van der Waals surface area contributed by atoms with E-state index in [0.29, 0.717) is 0 Å². The first-order chi connectivity index (χ1) is 11.2. The minimum Gasteiger partial charge on any atom is -0.352 e. The van der Waals surface area contributed by atoms with Crippen molar-refractivity contribution >= 4 is 44.1 Å². The van der Waals surface area contributed by atoms with E-state index in [9.17, 15) is 4.79 Å². The number of halogens is 1. The SMILES string of the molecule is O=c1ccc(N2CCN(c3nc4ccc(Cl)cc4s3)CC2)n[nH]1. The van der Waals surface area contributed by atoms with E-state index in [1.54, 1.807) is 17.4 Å². The summed E-state index contributed by atoms with van der Waals surface area (Å²) in [6.45, 7) is 3.42. The van der Waals surface area contributed by atoms with Gasteiger partial charge in [0.1, 0.15) is 5.82 Å². The van der Waals surface area contributed by atoms with Crippen LogP contribution in [-0.2, 0) is 0 Å². The van der Waals surface area contributed by atoms with Crippen molar-refractivity contribution in [1.82, 2.24) is 15.2 Å². The van der Waals surface area contributed by atoms with Gasteiger partial charge in [-0.3, -0.25) is 4.79 Å². The second-order valence-corrected chi connectivity index (χ2v) is 6.81. The molecule has 4 rings (SSSR count). The van der Waals surface area contributed by atoms with Crippen LogP contribution in [-0.4, -0.2) is 41.4 Å². The second kappa shape index (κ2) is 5.82. The molecule has 1 aliphatic rings. The van der Waals surface area contributed by atoms with Gasteiger partial charge < -0.3 is 9.80 Å². The van der Waals surface area contributed by atoms with Crippen LogP contribution in [0.1, 0.15) is 0 Å². The minimum absolute atomic E-state index is 0.180. The summed E-state index contributed by atoms with van der Waals surface area (Å²) < 4.78 is 1.11. The third-order valence-electron chi connectivity index (χ3n) is 3.88. The summed E-state index contributed by atoms with van der Waals surface area (Å²) in [7, 11) is 0. The average molecular weight is 348 g/mol. The van der Waals surface area contributed by atoms with Crippen molar-refractivity contribution in [2.24, 2.45) is 0 Å². The number of fused-ring (bicyclic) bond motifs is 1. The normalized spacial score (nSPS) is 15.3. The minimum atomic E-state index is -0.180. The number of nitrogens with one attached hydrogen (secondary N) is 1. The van der Waals surface area contributed by atoms with Crippen LogP contribution in [0.25, 0.3) is 10.2 Å². The lowest BCUT2D eigenvalue weighted by Gasteiger charge is -2.34. The van der Waals surface area contributed by atoms with E-state index in [1.165, 1.54) is 6.07 Å². The Morgan fingerprint density at radius 2 is 1.87 bits per heavy atom. The van der Waals surface area contributed by atoms with Crippen LogP contribution < -0.4 is 15.4 Å². The molecule has 0 aliphatic carbocycles. The van der Waals surface area contributed by atoms with Gasteiger partial charge in [0.15, 0.2) is 5.13 Å². The molecule has 0 amide bonds. The van der Waals surface area contributed by atoms with E-state index in [-0.39, 0.29) is 5.56 Å². The number of aromatic amines is 1. The molecule has 0 unspecified atom stereocenters. The van der Waals surface area contributed by atoms with Crippen molar-refractivity contribution in [3.8, 4) is 0 Å². The van der Waals surface area contributed by atoms with Gasteiger partial charge >= 0.3 is 0 Å². The number of piperazine rings is 1. The Morgan fingerprint density at radius 1 is 1.09 bits per heavy atom. The van der Waals surface area contributed by atoms with Gasteiger partial charge in [-0.1, -0.05) is 22.9 Å². The third kappa shape index (κ3) is 2.89. The molecule has 1 fully saturated rings. The Hall–Kier alpha value is -2.12. The number of hydrogen-bond donors (Lipinski definition) is 1. The van der Waals surface area contributed by atoms with Gasteiger partial charge in [-0.25, -0.2) is 10.1 Å². The van der Waals surface area contributed by atoms with Crippen molar-refractivity contribution in [1.29, 1.82) is 0 Å². The molecular formula is C15H14ClN5OS. The number of anilines is 2. The van der Waals surface area contributed by atoms with Crippen molar-refractivity contribution in [3.05, 3.63) is 45.7 Å². The smallest absolute Gasteiger partial charge is 0.264 e. The van der Waals surface area contributed by atoms with E-state index in [0.717, 1.165) is 52.4 Å². The largest absolute Gasteiger partial charge is 0.352 e. The topological polar surface area (TPSA) is 65.1 Å².